The number of fused-ring (bicyclic) bond motifs is 2. The molecule has 30 heavy (non-hydrogen) atoms. The summed E-state index contributed by atoms with van der Waals surface area (Å²) in [7, 11) is 1.55. The Balaban J connectivity index is 1.29. The standard InChI is InChI=1S/C20H22ClN5O4/c1-12-17(21)26-19(23-24(2)20(26)27)22-18(12)25-7-5-13(6-8-25)30-14-3-4-15-16(11-14)29-10-9-28-15/h3-4,11,13H,5-10H2,1-2H3/i9D2,10D2. The summed E-state index contributed by atoms with van der Waals surface area (Å²) in [4.78, 5) is 18.9. The predicted octanol–water partition coefficient (Wildman–Crippen LogP) is 2.21. The fourth-order valence-electron chi connectivity index (χ4n) is 3.70. The summed E-state index contributed by atoms with van der Waals surface area (Å²) in [5, 5.41) is 4.43. The highest BCUT2D eigenvalue weighted by atomic mass is 35.5. The van der Waals surface area contributed by atoms with Gasteiger partial charge in [-0.15, -0.1) is 5.10 Å². The van der Waals surface area contributed by atoms with Crippen LogP contribution in [-0.2, 0) is 7.05 Å². The van der Waals surface area contributed by atoms with Crippen LogP contribution < -0.4 is 24.8 Å². The quantitative estimate of drug-likeness (QED) is 0.583. The van der Waals surface area contributed by atoms with Gasteiger partial charge in [0, 0.05) is 44.6 Å². The van der Waals surface area contributed by atoms with Gasteiger partial charge in [-0.25, -0.2) is 13.9 Å². The highest BCUT2D eigenvalue weighted by Crippen LogP contribution is 2.35. The van der Waals surface area contributed by atoms with Crippen LogP contribution in [0.15, 0.2) is 23.0 Å². The van der Waals surface area contributed by atoms with Gasteiger partial charge in [0.05, 0.1) is 5.48 Å². The number of hydrogen-bond acceptors (Lipinski definition) is 7. The molecular weight excluding hydrogens is 410 g/mol. The number of benzene rings is 1. The van der Waals surface area contributed by atoms with Crippen LogP contribution in [0.25, 0.3) is 5.78 Å². The summed E-state index contributed by atoms with van der Waals surface area (Å²) in [6.07, 6.45) is 1.28. The van der Waals surface area contributed by atoms with E-state index in [-0.39, 0.29) is 34.2 Å². The molecule has 1 saturated heterocycles. The molecular formula is C20H22ClN5O4. The van der Waals surface area contributed by atoms with E-state index in [2.05, 4.69) is 15.0 Å². The van der Waals surface area contributed by atoms with Crippen molar-refractivity contribution in [1.29, 1.82) is 0 Å². The predicted molar refractivity (Wildman–Crippen MR) is 111 cm³/mol. The Bertz CT molecular complexity index is 1340. The first kappa shape index (κ1) is 15.0. The zero-order valence-corrected chi connectivity index (χ0v) is 17.1. The Morgan fingerprint density at radius 2 is 1.97 bits per heavy atom. The first-order valence-electron chi connectivity index (χ1n) is 11.5. The molecule has 0 radical (unpaired) electrons. The third-order valence-electron chi connectivity index (χ3n) is 5.28. The molecule has 10 heteroatoms. The van der Waals surface area contributed by atoms with E-state index in [0.29, 0.717) is 43.1 Å². The fourth-order valence-corrected chi connectivity index (χ4v) is 3.93. The van der Waals surface area contributed by atoms with E-state index >= 15 is 0 Å². The zero-order chi connectivity index (χ0) is 24.4. The van der Waals surface area contributed by atoms with Crippen LogP contribution in [0.1, 0.15) is 23.9 Å². The van der Waals surface area contributed by atoms with Crippen LogP contribution >= 0.6 is 11.6 Å². The van der Waals surface area contributed by atoms with E-state index in [1.165, 1.54) is 21.2 Å². The van der Waals surface area contributed by atoms with Gasteiger partial charge in [0.15, 0.2) is 11.5 Å². The van der Waals surface area contributed by atoms with Crippen LogP contribution in [0.3, 0.4) is 0 Å². The molecule has 1 fully saturated rings. The summed E-state index contributed by atoms with van der Waals surface area (Å²) in [5.74, 6) is 1.60. The number of aryl methyl sites for hydroxylation is 1. The maximum Gasteiger partial charge on any atom is 0.352 e. The SMILES string of the molecule is [2H]C1([2H])Oc2ccc(OC3CCN(c4nc5nn(C)c(=O)n5c(Cl)c4C)CC3)cc2OC1([2H])[2H]. The van der Waals surface area contributed by atoms with Crippen LogP contribution in [0.5, 0.6) is 17.2 Å². The molecule has 2 aromatic heterocycles. The molecule has 9 nitrogen and oxygen atoms in total. The van der Waals surface area contributed by atoms with Gasteiger partial charge in [0.25, 0.3) is 5.78 Å². The van der Waals surface area contributed by atoms with E-state index in [4.69, 9.17) is 31.3 Å². The van der Waals surface area contributed by atoms with Gasteiger partial charge in [0.2, 0.25) is 0 Å². The molecule has 0 bridgehead atoms. The van der Waals surface area contributed by atoms with E-state index in [9.17, 15) is 4.79 Å². The number of ether oxygens (including phenoxy) is 3. The van der Waals surface area contributed by atoms with E-state index in [1.54, 1.807) is 13.1 Å². The molecule has 2 aliphatic heterocycles. The Kier molecular flexibility index (Phi) is 3.68. The smallest absolute Gasteiger partial charge is 0.352 e. The lowest BCUT2D eigenvalue weighted by Crippen LogP contribution is -2.39. The number of rotatable bonds is 3. The molecule has 0 spiro atoms. The summed E-state index contributed by atoms with van der Waals surface area (Å²) < 4.78 is 49.7. The molecule has 0 saturated carbocycles. The van der Waals surface area contributed by atoms with Gasteiger partial charge in [-0.2, -0.15) is 4.98 Å². The second-order valence-electron chi connectivity index (χ2n) is 7.21. The Labute approximate surface area is 183 Å². The molecule has 0 atom stereocenters. The fraction of sp³-hybridized carbons (Fsp3) is 0.450. The average molecular weight is 436 g/mol. The maximum absolute atomic E-state index is 12.2. The van der Waals surface area contributed by atoms with Crippen LogP contribution in [0, 0.1) is 6.92 Å². The second kappa shape index (κ2) is 7.39. The van der Waals surface area contributed by atoms with Crippen molar-refractivity contribution in [2.75, 3.05) is 31.1 Å². The number of halogens is 1. The van der Waals surface area contributed by atoms with Gasteiger partial charge in [-0.05, 0) is 19.1 Å². The van der Waals surface area contributed by atoms with Gasteiger partial charge in [0.1, 0.15) is 35.9 Å². The summed E-state index contributed by atoms with van der Waals surface area (Å²) in [6, 6.07) is 4.66. The van der Waals surface area contributed by atoms with Gasteiger partial charge in [-0.3, -0.25) is 0 Å². The van der Waals surface area contributed by atoms with Crippen LogP contribution in [-0.4, -0.2) is 51.5 Å². The van der Waals surface area contributed by atoms with E-state index in [1.807, 2.05) is 6.92 Å². The van der Waals surface area contributed by atoms with Crippen LogP contribution in [0.2, 0.25) is 5.15 Å². The van der Waals surface area contributed by atoms with Crippen molar-refractivity contribution in [1.82, 2.24) is 19.2 Å². The monoisotopic (exact) mass is 435 g/mol. The maximum atomic E-state index is 12.2. The Morgan fingerprint density at radius 3 is 2.73 bits per heavy atom. The van der Waals surface area contributed by atoms with Crippen molar-refractivity contribution in [3.63, 3.8) is 0 Å². The number of piperidine rings is 1. The molecule has 0 aliphatic carbocycles. The van der Waals surface area contributed by atoms with Crippen molar-refractivity contribution in [3.8, 4) is 17.2 Å². The average Bonchev–Trinajstić information content (AvgIpc) is 3.05. The minimum absolute atomic E-state index is 0.0865. The highest BCUT2D eigenvalue weighted by Gasteiger charge is 2.25. The highest BCUT2D eigenvalue weighted by molar-refractivity contribution is 6.30. The van der Waals surface area contributed by atoms with Crippen molar-refractivity contribution >= 4 is 23.2 Å². The molecule has 2 aliphatic rings. The van der Waals surface area contributed by atoms with Gasteiger partial charge < -0.3 is 19.1 Å². The molecule has 1 aromatic carbocycles. The third kappa shape index (κ3) is 3.23. The van der Waals surface area contributed by atoms with Crippen LogP contribution in [0.4, 0.5) is 5.82 Å². The first-order chi connectivity index (χ1) is 16.0. The summed E-state index contributed by atoms with van der Waals surface area (Å²) >= 11 is 6.45. The molecule has 0 unspecified atom stereocenters. The zero-order valence-electron chi connectivity index (χ0n) is 20.4. The number of aromatic nitrogens is 4. The molecule has 4 heterocycles. The normalized spacial score (nSPS) is 22.2. The van der Waals surface area contributed by atoms with Crippen molar-refractivity contribution in [3.05, 3.63) is 39.4 Å². The Morgan fingerprint density at radius 1 is 1.23 bits per heavy atom. The third-order valence-corrected chi connectivity index (χ3v) is 5.73. The number of anilines is 1. The molecule has 5 rings (SSSR count). The molecule has 0 amide bonds. The van der Waals surface area contributed by atoms with Gasteiger partial charge in [-0.1, -0.05) is 11.6 Å². The van der Waals surface area contributed by atoms with Crippen molar-refractivity contribution in [2.45, 2.75) is 25.9 Å². The summed E-state index contributed by atoms with van der Waals surface area (Å²) in [5.41, 5.74) is 0.350. The van der Waals surface area contributed by atoms with E-state index in [0.717, 1.165) is 0 Å². The van der Waals surface area contributed by atoms with Crippen molar-refractivity contribution in [2.24, 2.45) is 7.05 Å². The summed E-state index contributed by atoms with van der Waals surface area (Å²) in [6.45, 7) is -2.11. The minimum Gasteiger partial charge on any atom is -0.490 e. The van der Waals surface area contributed by atoms with E-state index < -0.39 is 13.1 Å². The first-order valence-corrected chi connectivity index (χ1v) is 9.90. The second-order valence-corrected chi connectivity index (χ2v) is 7.57. The number of nitrogens with zero attached hydrogens (tertiary/aromatic N) is 5. The largest absolute Gasteiger partial charge is 0.490 e. The topological polar surface area (TPSA) is 83.1 Å². The Hall–Kier alpha value is -2.94. The molecule has 158 valence electrons. The minimum atomic E-state index is -2.63. The lowest BCUT2D eigenvalue weighted by atomic mass is 10.1. The lowest BCUT2D eigenvalue weighted by molar-refractivity contribution is 0.159. The molecule has 0 N–H and O–H groups in total. The molecule has 3 aromatic rings. The van der Waals surface area contributed by atoms with Crippen molar-refractivity contribution < 1.29 is 19.7 Å². The van der Waals surface area contributed by atoms with Gasteiger partial charge >= 0.3 is 5.69 Å². The lowest BCUT2D eigenvalue weighted by Gasteiger charge is -2.34. The number of hydrogen-bond donors (Lipinski definition) is 0.